The summed E-state index contributed by atoms with van der Waals surface area (Å²) >= 11 is 11.6. The van der Waals surface area contributed by atoms with Gasteiger partial charge in [-0.05, 0) is 34.1 Å². The third-order valence-corrected chi connectivity index (χ3v) is 2.66. The molecule has 0 nitrogen and oxygen atoms in total. The Morgan fingerprint density at radius 2 is 1.89 bits per heavy atom. The van der Waals surface area contributed by atoms with Gasteiger partial charge < -0.3 is 0 Å². The second kappa shape index (κ2) is 2.99. The van der Waals surface area contributed by atoms with Gasteiger partial charge in [0, 0.05) is 8.95 Å². The molecule has 1 rings (SSSR count). The SMILES string of the molecule is [S]c1ccc(Br)cc1Br. The highest BCUT2D eigenvalue weighted by Crippen LogP contribution is 2.23. The molecule has 0 unspecified atom stereocenters. The Kier molecular flexibility index (Phi) is 2.50. The van der Waals surface area contributed by atoms with Gasteiger partial charge in [-0.15, -0.1) is 0 Å². The van der Waals surface area contributed by atoms with E-state index in [1.165, 1.54) is 0 Å². The van der Waals surface area contributed by atoms with Gasteiger partial charge in [-0.25, -0.2) is 0 Å². The monoisotopic (exact) mass is 265 g/mol. The van der Waals surface area contributed by atoms with Crippen molar-refractivity contribution in [2.24, 2.45) is 0 Å². The summed E-state index contributed by atoms with van der Waals surface area (Å²) in [7, 11) is 0. The number of hydrogen-bond acceptors (Lipinski definition) is 0. The van der Waals surface area contributed by atoms with Crippen LogP contribution in [0.25, 0.3) is 0 Å². The maximum atomic E-state index is 4.95. The fraction of sp³-hybridized carbons (Fsp3) is 0. The van der Waals surface area contributed by atoms with Gasteiger partial charge in [-0.1, -0.05) is 28.6 Å². The largest absolute Gasteiger partial charge is 0.0789 e. The van der Waals surface area contributed by atoms with Crippen LogP contribution in [0.1, 0.15) is 0 Å². The van der Waals surface area contributed by atoms with Crippen molar-refractivity contribution in [2.75, 3.05) is 0 Å². The predicted molar refractivity (Wildman–Crippen MR) is 47.7 cm³/mol. The van der Waals surface area contributed by atoms with Crippen LogP contribution < -0.4 is 0 Å². The van der Waals surface area contributed by atoms with Crippen LogP contribution in [0.2, 0.25) is 0 Å². The highest BCUT2D eigenvalue weighted by molar-refractivity contribution is 9.11. The fourth-order valence-electron chi connectivity index (χ4n) is 0.475. The molecule has 0 aliphatic heterocycles. The molecule has 1 aromatic rings. The summed E-state index contributed by atoms with van der Waals surface area (Å²) in [6.45, 7) is 0. The molecule has 0 atom stereocenters. The van der Waals surface area contributed by atoms with Crippen molar-refractivity contribution >= 4 is 44.5 Å². The van der Waals surface area contributed by atoms with Crippen molar-refractivity contribution in [2.45, 2.75) is 4.90 Å². The Morgan fingerprint density at radius 3 is 2.33 bits per heavy atom. The molecule has 0 fully saturated rings. The molecule has 0 spiro atoms. The lowest BCUT2D eigenvalue weighted by atomic mass is 10.4. The van der Waals surface area contributed by atoms with Gasteiger partial charge in [0.15, 0.2) is 0 Å². The van der Waals surface area contributed by atoms with E-state index in [1.54, 1.807) is 0 Å². The van der Waals surface area contributed by atoms with Crippen molar-refractivity contribution in [3.63, 3.8) is 0 Å². The molecule has 0 saturated heterocycles. The molecule has 0 heterocycles. The molecule has 0 aromatic heterocycles. The van der Waals surface area contributed by atoms with Crippen LogP contribution in [0, 0.1) is 0 Å². The van der Waals surface area contributed by atoms with Gasteiger partial charge >= 0.3 is 0 Å². The van der Waals surface area contributed by atoms with Crippen LogP contribution in [-0.4, -0.2) is 0 Å². The molecular formula is C6H3Br2S. The topological polar surface area (TPSA) is 0 Å². The fourth-order valence-corrected chi connectivity index (χ4v) is 1.65. The third-order valence-electron chi connectivity index (χ3n) is 0.894. The molecule has 0 saturated carbocycles. The second-order valence-electron chi connectivity index (χ2n) is 1.57. The summed E-state index contributed by atoms with van der Waals surface area (Å²) in [5.74, 6) is 0. The molecule has 47 valence electrons. The Balaban J connectivity index is 3.17. The molecule has 0 aliphatic rings. The highest BCUT2D eigenvalue weighted by atomic mass is 79.9. The van der Waals surface area contributed by atoms with Crippen LogP contribution in [0.3, 0.4) is 0 Å². The lowest BCUT2D eigenvalue weighted by Gasteiger charge is -1.93. The molecule has 1 aromatic carbocycles. The standard InChI is InChI=1S/C6H3Br2S/c7-4-1-2-6(9)5(8)3-4/h1-3H. The maximum absolute atomic E-state index is 4.95. The first-order valence-electron chi connectivity index (χ1n) is 2.32. The number of benzene rings is 1. The molecule has 1 radical (unpaired) electrons. The first kappa shape index (κ1) is 7.51. The van der Waals surface area contributed by atoms with Crippen LogP contribution >= 0.6 is 44.5 Å². The average Bonchev–Trinajstić information content (AvgIpc) is 1.80. The Morgan fingerprint density at radius 1 is 1.22 bits per heavy atom. The van der Waals surface area contributed by atoms with Crippen molar-refractivity contribution < 1.29 is 0 Å². The minimum absolute atomic E-state index is 0.846. The van der Waals surface area contributed by atoms with Crippen LogP contribution in [0.5, 0.6) is 0 Å². The number of rotatable bonds is 0. The lowest BCUT2D eigenvalue weighted by molar-refractivity contribution is 1.40. The summed E-state index contributed by atoms with van der Waals surface area (Å²) < 4.78 is 2.01. The number of hydrogen-bond donors (Lipinski definition) is 0. The molecule has 0 bridgehead atoms. The van der Waals surface area contributed by atoms with Gasteiger partial charge in [0.2, 0.25) is 0 Å². The maximum Gasteiger partial charge on any atom is 0.0519 e. The first-order chi connectivity index (χ1) is 4.20. The second-order valence-corrected chi connectivity index (χ2v) is 3.78. The zero-order valence-electron chi connectivity index (χ0n) is 4.40. The average molecular weight is 267 g/mol. The summed E-state index contributed by atoms with van der Waals surface area (Å²) in [4.78, 5) is 0.846. The van der Waals surface area contributed by atoms with E-state index in [0.717, 1.165) is 13.8 Å². The normalized spacial score (nSPS) is 9.56. The highest BCUT2D eigenvalue weighted by Gasteiger charge is 1.94. The van der Waals surface area contributed by atoms with Gasteiger partial charge in [0.25, 0.3) is 0 Å². The summed E-state index contributed by atoms with van der Waals surface area (Å²) in [6.07, 6.45) is 0. The van der Waals surface area contributed by atoms with E-state index in [0.29, 0.717) is 0 Å². The Bertz CT molecular complexity index is 222. The minimum atomic E-state index is 0.846. The molecule has 0 N–H and O–H groups in total. The zero-order valence-corrected chi connectivity index (χ0v) is 8.38. The van der Waals surface area contributed by atoms with Gasteiger partial charge in [-0.3, -0.25) is 0 Å². The summed E-state index contributed by atoms with van der Waals surface area (Å²) in [6, 6.07) is 5.74. The number of halogens is 2. The van der Waals surface area contributed by atoms with E-state index < -0.39 is 0 Å². The zero-order chi connectivity index (χ0) is 6.85. The lowest BCUT2D eigenvalue weighted by Crippen LogP contribution is -1.68. The van der Waals surface area contributed by atoms with E-state index in [4.69, 9.17) is 12.6 Å². The first-order valence-corrected chi connectivity index (χ1v) is 4.31. The minimum Gasteiger partial charge on any atom is -0.0789 e. The molecule has 3 heteroatoms. The van der Waals surface area contributed by atoms with Gasteiger partial charge in [0.05, 0.1) is 4.90 Å². The van der Waals surface area contributed by atoms with Crippen molar-refractivity contribution in [3.8, 4) is 0 Å². The molecule has 9 heavy (non-hydrogen) atoms. The van der Waals surface area contributed by atoms with Crippen molar-refractivity contribution in [1.82, 2.24) is 0 Å². The smallest absolute Gasteiger partial charge is 0.0519 e. The van der Waals surface area contributed by atoms with Crippen LogP contribution in [-0.2, 0) is 0 Å². The Hall–Kier alpha value is 0.400. The molecular weight excluding hydrogens is 264 g/mol. The summed E-state index contributed by atoms with van der Waals surface area (Å²) in [5.41, 5.74) is 0. The van der Waals surface area contributed by atoms with Crippen molar-refractivity contribution in [3.05, 3.63) is 27.1 Å². The van der Waals surface area contributed by atoms with Crippen LogP contribution in [0.4, 0.5) is 0 Å². The van der Waals surface area contributed by atoms with E-state index in [1.807, 2.05) is 18.2 Å². The van der Waals surface area contributed by atoms with Gasteiger partial charge in [-0.2, -0.15) is 0 Å². The Labute approximate surface area is 76.3 Å². The predicted octanol–water partition coefficient (Wildman–Crippen LogP) is 3.77. The van der Waals surface area contributed by atoms with Crippen molar-refractivity contribution in [1.29, 1.82) is 0 Å². The van der Waals surface area contributed by atoms with Gasteiger partial charge in [0.1, 0.15) is 0 Å². The molecule has 0 amide bonds. The summed E-state index contributed by atoms with van der Waals surface area (Å²) in [5, 5.41) is 0. The van der Waals surface area contributed by atoms with Crippen LogP contribution in [0.15, 0.2) is 32.0 Å². The molecule has 0 aliphatic carbocycles. The van der Waals surface area contributed by atoms with E-state index in [2.05, 4.69) is 31.9 Å². The van der Waals surface area contributed by atoms with E-state index >= 15 is 0 Å². The van der Waals surface area contributed by atoms with E-state index in [9.17, 15) is 0 Å². The quantitative estimate of drug-likeness (QED) is 0.671. The van der Waals surface area contributed by atoms with E-state index in [-0.39, 0.29) is 0 Å². The third kappa shape index (κ3) is 1.92.